The first-order valence-electron chi connectivity index (χ1n) is 8.80. The molecule has 0 saturated heterocycles. The Morgan fingerprint density at radius 2 is 1.96 bits per heavy atom. The minimum Gasteiger partial charge on any atom is -0.459 e. The maximum Gasteiger partial charge on any atom is 0.306 e. The number of aromatic nitrogens is 2. The first-order chi connectivity index (χ1) is 12.9. The van der Waals surface area contributed by atoms with Gasteiger partial charge >= 0.3 is 5.97 Å². The first kappa shape index (κ1) is 19.1. The normalized spacial score (nSPS) is 12.1. The molecule has 0 saturated carbocycles. The molecule has 0 fully saturated rings. The molecule has 1 aromatic carbocycles. The number of benzene rings is 1. The van der Waals surface area contributed by atoms with Gasteiger partial charge in [-0.05, 0) is 48.6 Å². The summed E-state index contributed by atoms with van der Waals surface area (Å²) in [5.74, 6) is -0.167. The van der Waals surface area contributed by atoms with Gasteiger partial charge < -0.3 is 4.74 Å². The number of ether oxygens (including phenoxy) is 1. The molecule has 3 aromatic rings. The molecule has 0 bridgehead atoms. The topological polar surface area (TPSA) is 60.7 Å². The van der Waals surface area contributed by atoms with Crippen molar-refractivity contribution in [2.24, 2.45) is 5.92 Å². The number of carbonyl (C=O) groups excluding carboxylic acids is 1. The lowest BCUT2D eigenvalue weighted by molar-refractivity contribution is -0.146. The lowest BCUT2D eigenvalue weighted by Gasteiger charge is -2.11. The van der Waals surface area contributed by atoms with Crippen molar-refractivity contribution in [3.8, 4) is 0 Å². The fraction of sp³-hybridized carbons (Fsp3) is 0.286. The molecule has 0 amide bonds. The van der Waals surface area contributed by atoms with E-state index in [0.717, 1.165) is 17.5 Å². The van der Waals surface area contributed by atoms with Crippen molar-refractivity contribution in [1.29, 1.82) is 0 Å². The van der Waals surface area contributed by atoms with Gasteiger partial charge in [-0.15, -0.1) is 0 Å². The average Bonchev–Trinajstić information content (AvgIpc) is 2.62. The predicted octanol–water partition coefficient (Wildman–Crippen LogP) is 3.97. The molecule has 5 nitrogen and oxygen atoms in total. The summed E-state index contributed by atoms with van der Waals surface area (Å²) in [7, 11) is 0. The van der Waals surface area contributed by atoms with Gasteiger partial charge in [-0.1, -0.05) is 36.7 Å². The van der Waals surface area contributed by atoms with Crippen LogP contribution in [0.15, 0.2) is 53.5 Å². The number of carbonyl (C=O) groups is 1. The summed E-state index contributed by atoms with van der Waals surface area (Å²) in [6, 6.07) is 12.7. The summed E-state index contributed by atoms with van der Waals surface area (Å²) < 4.78 is 6.79. The predicted molar refractivity (Wildman–Crippen MR) is 105 cm³/mol. The van der Waals surface area contributed by atoms with Crippen LogP contribution in [0.25, 0.3) is 5.65 Å². The molecule has 0 radical (unpaired) electrons. The Labute approximate surface area is 162 Å². The fourth-order valence-electron chi connectivity index (χ4n) is 2.93. The van der Waals surface area contributed by atoms with Crippen molar-refractivity contribution in [2.45, 2.75) is 33.3 Å². The van der Waals surface area contributed by atoms with Crippen molar-refractivity contribution in [1.82, 2.24) is 9.38 Å². The van der Waals surface area contributed by atoms with Crippen molar-refractivity contribution < 1.29 is 9.53 Å². The molecule has 0 aliphatic rings. The number of rotatable bonds is 6. The van der Waals surface area contributed by atoms with E-state index in [1.165, 1.54) is 10.5 Å². The van der Waals surface area contributed by atoms with Crippen LogP contribution in [0.5, 0.6) is 0 Å². The lowest BCUT2D eigenvalue weighted by Crippen LogP contribution is -2.17. The van der Waals surface area contributed by atoms with Crippen molar-refractivity contribution >= 4 is 23.2 Å². The number of halogens is 1. The molecule has 140 valence electrons. The molecule has 0 N–H and O–H groups in total. The van der Waals surface area contributed by atoms with Crippen LogP contribution in [-0.2, 0) is 22.6 Å². The number of hydrogen-bond donors (Lipinski definition) is 0. The number of fused-ring (bicyclic) bond motifs is 1. The third-order valence-electron chi connectivity index (χ3n) is 4.25. The van der Waals surface area contributed by atoms with E-state index in [1.54, 1.807) is 12.3 Å². The van der Waals surface area contributed by atoms with E-state index in [9.17, 15) is 9.59 Å². The average molecular weight is 385 g/mol. The monoisotopic (exact) mass is 384 g/mol. The molecular weight excluding hydrogens is 364 g/mol. The summed E-state index contributed by atoms with van der Waals surface area (Å²) in [6.07, 6.45) is 2.80. The molecule has 0 aliphatic carbocycles. The Morgan fingerprint density at radius 1 is 1.22 bits per heavy atom. The summed E-state index contributed by atoms with van der Waals surface area (Å²) in [5.41, 5.74) is 2.89. The quantitative estimate of drug-likeness (QED) is 0.603. The molecule has 0 spiro atoms. The Morgan fingerprint density at radius 3 is 2.70 bits per heavy atom. The Hall–Kier alpha value is -2.66. The number of aryl methyl sites for hydroxylation is 1. The van der Waals surface area contributed by atoms with E-state index in [-0.39, 0.29) is 24.1 Å². The summed E-state index contributed by atoms with van der Waals surface area (Å²) in [4.78, 5) is 28.7. The van der Waals surface area contributed by atoms with Gasteiger partial charge in [0.15, 0.2) is 0 Å². The van der Waals surface area contributed by atoms with Crippen LogP contribution in [0.2, 0.25) is 5.02 Å². The maximum absolute atomic E-state index is 12.2. The van der Waals surface area contributed by atoms with Crippen LogP contribution in [0.1, 0.15) is 30.2 Å². The first-order valence-corrected chi connectivity index (χ1v) is 9.17. The van der Waals surface area contributed by atoms with Gasteiger partial charge in [0, 0.05) is 23.7 Å². The molecule has 0 aliphatic heterocycles. The molecule has 1 atom stereocenters. The lowest BCUT2D eigenvalue weighted by atomic mass is 9.98. The van der Waals surface area contributed by atoms with E-state index in [0.29, 0.717) is 22.8 Å². The second kappa shape index (κ2) is 8.35. The molecular formula is C21H21ClN2O3. The van der Waals surface area contributed by atoms with Crippen molar-refractivity contribution in [3.05, 3.63) is 80.9 Å². The second-order valence-corrected chi connectivity index (χ2v) is 7.26. The zero-order chi connectivity index (χ0) is 19.4. The van der Waals surface area contributed by atoms with Crippen LogP contribution in [-0.4, -0.2) is 15.4 Å². The zero-order valence-corrected chi connectivity index (χ0v) is 16.1. The highest BCUT2D eigenvalue weighted by Crippen LogP contribution is 2.16. The van der Waals surface area contributed by atoms with Gasteiger partial charge in [-0.25, -0.2) is 4.98 Å². The van der Waals surface area contributed by atoms with Gasteiger partial charge in [-0.2, -0.15) is 0 Å². The molecule has 1 unspecified atom stereocenters. The molecule has 27 heavy (non-hydrogen) atoms. The summed E-state index contributed by atoms with van der Waals surface area (Å²) in [5, 5.41) is 0.694. The van der Waals surface area contributed by atoms with Gasteiger partial charge in [0.2, 0.25) is 0 Å². The highest BCUT2D eigenvalue weighted by Gasteiger charge is 2.12. The van der Waals surface area contributed by atoms with Gasteiger partial charge in [0.1, 0.15) is 12.3 Å². The van der Waals surface area contributed by atoms with E-state index < -0.39 is 0 Å². The van der Waals surface area contributed by atoms with Crippen LogP contribution in [0.3, 0.4) is 0 Å². The molecule has 2 aromatic heterocycles. The minimum atomic E-state index is -0.303. The van der Waals surface area contributed by atoms with E-state index in [1.807, 2.05) is 44.2 Å². The van der Waals surface area contributed by atoms with Crippen molar-refractivity contribution in [3.63, 3.8) is 0 Å². The minimum absolute atomic E-state index is 0.00782. The summed E-state index contributed by atoms with van der Waals surface area (Å²) in [6.45, 7) is 3.90. The maximum atomic E-state index is 12.2. The smallest absolute Gasteiger partial charge is 0.306 e. The Bertz CT molecular complexity index is 1010. The van der Waals surface area contributed by atoms with Crippen LogP contribution in [0, 0.1) is 12.8 Å². The fourth-order valence-corrected chi connectivity index (χ4v) is 3.05. The SMILES string of the molecule is Cc1ccc2nc(COC(=O)CC(C)Cc3ccc(Cl)cc3)cc(=O)n2c1. The molecule has 3 rings (SSSR count). The second-order valence-electron chi connectivity index (χ2n) is 6.82. The molecule has 2 heterocycles. The van der Waals surface area contributed by atoms with E-state index in [2.05, 4.69) is 4.98 Å². The standard InChI is InChI=1S/C21H21ClN2O3/c1-14-3-8-19-23-18(11-20(25)24(19)12-14)13-27-21(26)10-15(2)9-16-4-6-17(22)7-5-16/h3-8,11-12,15H,9-10,13H2,1-2H3. The molecule has 6 heteroatoms. The van der Waals surface area contributed by atoms with Crippen LogP contribution in [0.4, 0.5) is 0 Å². The van der Waals surface area contributed by atoms with E-state index in [4.69, 9.17) is 16.3 Å². The number of pyridine rings is 1. The highest BCUT2D eigenvalue weighted by molar-refractivity contribution is 6.30. The van der Waals surface area contributed by atoms with Crippen molar-refractivity contribution in [2.75, 3.05) is 0 Å². The summed E-state index contributed by atoms with van der Waals surface area (Å²) >= 11 is 5.88. The third-order valence-corrected chi connectivity index (χ3v) is 4.51. The van der Waals surface area contributed by atoms with Crippen LogP contribution >= 0.6 is 11.6 Å². The van der Waals surface area contributed by atoms with E-state index >= 15 is 0 Å². The Kier molecular flexibility index (Phi) is 5.91. The Balaban J connectivity index is 1.57. The number of esters is 1. The van der Waals surface area contributed by atoms with Gasteiger partial charge in [0.25, 0.3) is 5.56 Å². The highest BCUT2D eigenvalue weighted by atomic mass is 35.5. The number of nitrogens with zero attached hydrogens (tertiary/aromatic N) is 2. The zero-order valence-electron chi connectivity index (χ0n) is 15.3. The largest absolute Gasteiger partial charge is 0.459 e. The van der Waals surface area contributed by atoms with Gasteiger partial charge in [0.05, 0.1) is 5.69 Å². The third kappa shape index (κ3) is 5.17. The number of hydrogen-bond acceptors (Lipinski definition) is 4. The van der Waals surface area contributed by atoms with Gasteiger partial charge in [-0.3, -0.25) is 14.0 Å². The van der Waals surface area contributed by atoms with Crippen LogP contribution < -0.4 is 5.56 Å².